The van der Waals surface area contributed by atoms with Gasteiger partial charge in [-0.2, -0.15) is 0 Å². The minimum Gasteiger partial charge on any atom is -0.306 e. The third-order valence-electron chi connectivity index (χ3n) is 3.29. The van der Waals surface area contributed by atoms with E-state index in [0.29, 0.717) is 0 Å². The number of thiazole rings is 1. The van der Waals surface area contributed by atoms with Crippen LogP contribution in [0.25, 0.3) is 5.69 Å². The molecule has 0 fully saturated rings. The van der Waals surface area contributed by atoms with E-state index in [2.05, 4.69) is 46.5 Å². The largest absolute Gasteiger partial charge is 0.306 e. The molecule has 0 unspecified atom stereocenters. The Labute approximate surface area is 128 Å². The molecule has 0 saturated carbocycles. The van der Waals surface area contributed by atoms with Crippen molar-refractivity contribution >= 4 is 11.3 Å². The number of aromatic nitrogens is 3. The summed E-state index contributed by atoms with van der Waals surface area (Å²) in [6, 6.07) is 8.50. The summed E-state index contributed by atoms with van der Waals surface area (Å²) in [6.07, 6.45) is 8.57. The minimum atomic E-state index is 0.827. The first-order valence-electron chi connectivity index (χ1n) is 7.06. The smallest absolute Gasteiger partial charge is 0.107 e. The average molecular weight is 298 g/mol. The maximum absolute atomic E-state index is 4.41. The molecule has 0 aliphatic carbocycles. The summed E-state index contributed by atoms with van der Waals surface area (Å²) in [5.41, 5.74) is 2.40. The van der Waals surface area contributed by atoms with E-state index in [-0.39, 0.29) is 0 Å². The van der Waals surface area contributed by atoms with E-state index >= 15 is 0 Å². The summed E-state index contributed by atoms with van der Waals surface area (Å²) in [5, 5.41) is 4.59. The van der Waals surface area contributed by atoms with Crippen LogP contribution in [0.1, 0.15) is 22.4 Å². The number of hydrogen-bond donors (Lipinski definition) is 1. The molecule has 3 rings (SSSR count). The van der Waals surface area contributed by atoms with E-state index in [0.717, 1.165) is 30.2 Å². The highest BCUT2D eigenvalue weighted by atomic mass is 32.1. The van der Waals surface area contributed by atoms with Crippen molar-refractivity contribution in [3.63, 3.8) is 0 Å². The summed E-state index contributed by atoms with van der Waals surface area (Å²) >= 11 is 1.78. The number of imidazole rings is 1. The van der Waals surface area contributed by atoms with Crippen LogP contribution in [0.4, 0.5) is 0 Å². The summed E-state index contributed by atoms with van der Waals surface area (Å²) in [6.45, 7) is 3.84. The van der Waals surface area contributed by atoms with Gasteiger partial charge in [0, 0.05) is 42.2 Å². The van der Waals surface area contributed by atoms with Crippen LogP contribution in [-0.4, -0.2) is 14.5 Å². The van der Waals surface area contributed by atoms with Crippen LogP contribution in [0.15, 0.2) is 49.2 Å². The monoisotopic (exact) mass is 298 g/mol. The predicted octanol–water partition coefficient (Wildman–Crippen LogP) is 3.18. The van der Waals surface area contributed by atoms with Gasteiger partial charge in [0.1, 0.15) is 5.01 Å². The van der Waals surface area contributed by atoms with Crippen LogP contribution in [0.5, 0.6) is 0 Å². The number of rotatable bonds is 6. The van der Waals surface area contributed by atoms with Crippen molar-refractivity contribution in [2.24, 2.45) is 0 Å². The van der Waals surface area contributed by atoms with Crippen molar-refractivity contribution in [3.8, 4) is 5.69 Å². The zero-order valence-corrected chi connectivity index (χ0v) is 12.8. The normalized spacial score (nSPS) is 10.9. The highest BCUT2D eigenvalue weighted by Crippen LogP contribution is 2.13. The SMILES string of the molecule is CCc1cnc(CNCc2ccc(-n3ccnc3)cc2)s1. The Kier molecular flexibility index (Phi) is 4.43. The van der Waals surface area contributed by atoms with Crippen molar-refractivity contribution in [2.75, 3.05) is 0 Å². The molecule has 0 radical (unpaired) electrons. The second-order valence-electron chi connectivity index (χ2n) is 4.81. The van der Waals surface area contributed by atoms with Gasteiger partial charge in [-0.25, -0.2) is 9.97 Å². The zero-order valence-electron chi connectivity index (χ0n) is 12.0. The fourth-order valence-electron chi connectivity index (χ4n) is 2.10. The minimum absolute atomic E-state index is 0.827. The van der Waals surface area contributed by atoms with Crippen LogP contribution >= 0.6 is 11.3 Å². The Morgan fingerprint density at radius 2 is 2.05 bits per heavy atom. The van der Waals surface area contributed by atoms with Crippen LogP contribution in [-0.2, 0) is 19.5 Å². The van der Waals surface area contributed by atoms with Gasteiger partial charge in [0.2, 0.25) is 0 Å². The van der Waals surface area contributed by atoms with Crippen molar-refractivity contribution in [2.45, 2.75) is 26.4 Å². The van der Waals surface area contributed by atoms with Gasteiger partial charge in [-0.15, -0.1) is 11.3 Å². The molecule has 0 bridgehead atoms. The molecule has 1 N–H and O–H groups in total. The molecular formula is C16H18N4S. The molecular weight excluding hydrogens is 280 g/mol. The molecule has 2 heterocycles. The van der Waals surface area contributed by atoms with Gasteiger partial charge in [-0.1, -0.05) is 19.1 Å². The summed E-state index contributed by atoms with van der Waals surface area (Å²) < 4.78 is 2.00. The van der Waals surface area contributed by atoms with Gasteiger partial charge < -0.3 is 9.88 Å². The van der Waals surface area contributed by atoms with Crippen molar-refractivity contribution in [3.05, 3.63) is 64.6 Å². The molecule has 3 aromatic rings. The third-order valence-corrected chi connectivity index (χ3v) is 4.44. The molecule has 0 atom stereocenters. The molecule has 0 aliphatic heterocycles. The quantitative estimate of drug-likeness (QED) is 0.760. The lowest BCUT2D eigenvalue weighted by molar-refractivity contribution is 0.690. The standard InChI is InChI=1S/C16H18N4S/c1-2-15-10-19-16(21-15)11-18-9-13-3-5-14(6-4-13)20-8-7-17-12-20/h3-8,10,12,18H,2,9,11H2,1H3. The summed E-state index contributed by atoms with van der Waals surface area (Å²) in [4.78, 5) is 9.81. The van der Waals surface area contributed by atoms with Crippen LogP contribution in [0.2, 0.25) is 0 Å². The maximum atomic E-state index is 4.41. The van der Waals surface area contributed by atoms with Crippen LogP contribution in [0, 0.1) is 0 Å². The lowest BCUT2D eigenvalue weighted by Gasteiger charge is -2.05. The first kappa shape index (κ1) is 14.0. The van der Waals surface area contributed by atoms with E-state index in [1.54, 1.807) is 23.9 Å². The number of nitrogens with zero attached hydrogens (tertiary/aromatic N) is 3. The summed E-state index contributed by atoms with van der Waals surface area (Å²) in [5.74, 6) is 0. The second-order valence-corrected chi connectivity index (χ2v) is 6.01. The number of nitrogens with one attached hydrogen (secondary N) is 1. The number of aryl methyl sites for hydroxylation is 1. The Morgan fingerprint density at radius 3 is 2.71 bits per heavy atom. The highest BCUT2D eigenvalue weighted by molar-refractivity contribution is 7.11. The Hall–Kier alpha value is -1.98. The first-order chi connectivity index (χ1) is 10.3. The van der Waals surface area contributed by atoms with Gasteiger partial charge >= 0.3 is 0 Å². The van der Waals surface area contributed by atoms with E-state index in [9.17, 15) is 0 Å². The molecule has 4 nitrogen and oxygen atoms in total. The third kappa shape index (κ3) is 3.56. The average Bonchev–Trinajstić information content (AvgIpc) is 3.19. The molecule has 0 spiro atoms. The number of benzene rings is 1. The summed E-state index contributed by atoms with van der Waals surface area (Å²) in [7, 11) is 0. The Balaban J connectivity index is 1.53. The maximum Gasteiger partial charge on any atom is 0.107 e. The molecule has 108 valence electrons. The fraction of sp³-hybridized carbons (Fsp3) is 0.250. The van der Waals surface area contributed by atoms with Gasteiger partial charge in [-0.3, -0.25) is 0 Å². The van der Waals surface area contributed by atoms with E-state index in [4.69, 9.17) is 0 Å². The molecule has 5 heteroatoms. The van der Waals surface area contributed by atoms with Gasteiger partial charge in [0.05, 0.1) is 6.33 Å². The molecule has 0 saturated heterocycles. The lowest BCUT2D eigenvalue weighted by Crippen LogP contribution is -2.12. The highest BCUT2D eigenvalue weighted by Gasteiger charge is 2.01. The molecule has 0 amide bonds. The second kappa shape index (κ2) is 6.65. The number of hydrogen-bond acceptors (Lipinski definition) is 4. The van der Waals surface area contributed by atoms with Gasteiger partial charge in [-0.05, 0) is 24.1 Å². The molecule has 1 aromatic carbocycles. The molecule has 2 aromatic heterocycles. The zero-order chi connectivity index (χ0) is 14.5. The van der Waals surface area contributed by atoms with Crippen LogP contribution < -0.4 is 5.32 Å². The predicted molar refractivity (Wildman–Crippen MR) is 85.6 cm³/mol. The fourth-order valence-corrected chi connectivity index (χ4v) is 2.94. The van der Waals surface area contributed by atoms with E-state index < -0.39 is 0 Å². The van der Waals surface area contributed by atoms with Gasteiger partial charge in [0.15, 0.2) is 0 Å². The Bertz CT molecular complexity index is 671. The van der Waals surface area contributed by atoms with Crippen molar-refractivity contribution < 1.29 is 0 Å². The lowest BCUT2D eigenvalue weighted by atomic mass is 10.2. The topological polar surface area (TPSA) is 42.7 Å². The molecule has 0 aliphatic rings. The van der Waals surface area contributed by atoms with Crippen molar-refractivity contribution in [1.82, 2.24) is 19.9 Å². The van der Waals surface area contributed by atoms with Gasteiger partial charge in [0.25, 0.3) is 0 Å². The first-order valence-corrected chi connectivity index (χ1v) is 7.88. The van der Waals surface area contributed by atoms with Crippen molar-refractivity contribution in [1.29, 1.82) is 0 Å². The Morgan fingerprint density at radius 1 is 1.19 bits per heavy atom. The van der Waals surface area contributed by atoms with E-state index in [1.807, 2.05) is 17.0 Å². The van der Waals surface area contributed by atoms with Crippen LogP contribution in [0.3, 0.4) is 0 Å². The molecule has 21 heavy (non-hydrogen) atoms. The van der Waals surface area contributed by atoms with E-state index in [1.165, 1.54) is 10.4 Å².